The second-order valence-corrected chi connectivity index (χ2v) is 6.45. The van der Waals surface area contributed by atoms with Gasteiger partial charge in [-0.2, -0.15) is 5.26 Å². The molecule has 0 atom stereocenters. The topological polar surface area (TPSA) is 96.5 Å². The van der Waals surface area contributed by atoms with Gasteiger partial charge in [0.05, 0.1) is 11.9 Å². The van der Waals surface area contributed by atoms with E-state index in [-0.39, 0.29) is 5.91 Å². The fraction of sp³-hybridized carbons (Fsp3) is 0.0455. The predicted molar refractivity (Wildman–Crippen MR) is 111 cm³/mol. The second kappa shape index (κ2) is 7.37. The highest BCUT2D eigenvalue weighted by Gasteiger charge is 2.13. The fourth-order valence-electron chi connectivity index (χ4n) is 3.17. The molecule has 29 heavy (non-hydrogen) atoms. The fourth-order valence-corrected chi connectivity index (χ4v) is 3.17. The molecule has 0 aromatic carbocycles. The lowest BCUT2D eigenvalue weighted by molar-refractivity contribution is -0.111. The highest BCUT2D eigenvalue weighted by molar-refractivity contribution is 5.99. The summed E-state index contributed by atoms with van der Waals surface area (Å²) in [5.74, 6) is -0.297. The molecule has 0 unspecified atom stereocenters. The molecule has 0 spiro atoms. The van der Waals surface area contributed by atoms with Crippen LogP contribution in [-0.2, 0) is 11.8 Å². The molecule has 7 heteroatoms. The maximum Gasteiger partial charge on any atom is 0.247 e. The molecule has 4 aromatic heterocycles. The lowest BCUT2D eigenvalue weighted by atomic mass is 10.0. The van der Waals surface area contributed by atoms with Crippen LogP contribution in [0.3, 0.4) is 0 Å². The molecule has 0 aliphatic rings. The molecule has 0 saturated carbocycles. The summed E-state index contributed by atoms with van der Waals surface area (Å²) in [6.07, 6.45) is 9.88. The number of rotatable bonds is 4. The largest absolute Gasteiger partial charge is 0.335 e. The van der Waals surface area contributed by atoms with Gasteiger partial charge in [0.15, 0.2) is 0 Å². The molecule has 0 aliphatic heterocycles. The van der Waals surface area contributed by atoms with Crippen LogP contribution in [0.15, 0.2) is 67.9 Å². The van der Waals surface area contributed by atoms with Crippen LogP contribution in [0.1, 0.15) is 5.69 Å². The Hall–Kier alpha value is -4.31. The van der Waals surface area contributed by atoms with Crippen molar-refractivity contribution in [3.05, 3.63) is 73.6 Å². The lowest BCUT2D eigenvalue weighted by Crippen LogP contribution is -2.07. The Balaban J connectivity index is 1.82. The molecule has 0 aliphatic carbocycles. The van der Waals surface area contributed by atoms with E-state index in [2.05, 4.69) is 32.9 Å². The van der Waals surface area contributed by atoms with Crippen molar-refractivity contribution in [2.75, 3.05) is 5.32 Å². The van der Waals surface area contributed by atoms with Gasteiger partial charge in [0, 0.05) is 53.9 Å². The van der Waals surface area contributed by atoms with E-state index in [1.165, 1.54) is 6.08 Å². The van der Waals surface area contributed by atoms with Crippen LogP contribution in [0, 0.1) is 11.3 Å². The maximum absolute atomic E-state index is 11.6. The number of fused-ring (bicyclic) bond motifs is 1. The second-order valence-electron chi connectivity index (χ2n) is 6.45. The van der Waals surface area contributed by atoms with Gasteiger partial charge in [0.2, 0.25) is 5.91 Å². The Morgan fingerprint density at radius 2 is 2.00 bits per heavy atom. The number of carbonyl (C=O) groups excluding carboxylic acids is 1. The van der Waals surface area contributed by atoms with Gasteiger partial charge < -0.3 is 9.88 Å². The van der Waals surface area contributed by atoms with Crippen molar-refractivity contribution in [2.24, 2.45) is 7.05 Å². The molecule has 4 rings (SSSR count). The summed E-state index contributed by atoms with van der Waals surface area (Å²) in [6.45, 7) is 3.46. The molecule has 0 fully saturated rings. The number of aromatic nitrogens is 4. The summed E-state index contributed by atoms with van der Waals surface area (Å²) < 4.78 is 1.94. The van der Waals surface area contributed by atoms with Crippen molar-refractivity contribution in [3.8, 4) is 28.3 Å². The SMILES string of the molecule is C=CC(=O)Nc1cncc(-c2cnc3c(c2)c(-c2ccnc(C#N)c2)cn3C)c1. The number of nitrogens with zero attached hydrogens (tertiary/aromatic N) is 5. The molecule has 1 N–H and O–H groups in total. The van der Waals surface area contributed by atoms with Crippen molar-refractivity contribution >= 4 is 22.6 Å². The molecule has 0 bridgehead atoms. The third-order valence-corrected chi connectivity index (χ3v) is 4.52. The van der Waals surface area contributed by atoms with E-state index in [1.807, 2.05) is 36.0 Å². The summed E-state index contributed by atoms with van der Waals surface area (Å²) in [4.78, 5) is 24.4. The number of aryl methyl sites for hydroxylation is 1. The zero-order chi connectivity index (χ0) is 20.4. The molecule has 1 amide bonds. The van der Waals surface area contributed by atoms with Crippen molar-refractivity contribution in [3.63, 3.8) is 0 Å². The zero-order valence-corrected chi connectivity index (χ0v) is 15.6. The number of anilines is 1. The molecule has 4 heterocycles. The van der Waals surface area contributed by atoms with Gasteiger partial charge in [-0.1, -0.05) is 6.58 Å². The minimum absolute atomic E-state index is 0.297. The summed E-state index contributed by atoms with van der Waals surface area (Å²) in [5.41, 5.74) is 5.30. The van der Waals surface area contributed by atoms with Crippen LogP contribution in [0.4, 0.5) is 5.69 Å². The standard InChI is InChI=1S/C22H16N6O/c1-3-21(29)27-18-7-15(10-24-12-18)16-8-19-20(13-28(2)22(19)26-11-16)14-4-5-25-17(6-14)9-23/h3-8,10-13H,1H2,2H3,(H,27,29). The normalized spacial score (nSPS) is 10.5. The van der Waals surface area contributed by atoms with E-state index in [9.17, 15) is 4.79 Å². The molecule has 0 saturated heterocycles. The first-order valence-electron chi connectivity index (χ1n) is 8.79. The number of hydrogen-bond acceptors (Lipinski definition) is 5. The molecular weight excluding hydrogens is 364 g/mol. The number of carbonyl (C=O) groups is 1. The first-order valence-corrected chi connectivity index (χ1v) is 8.79. The van der Waals surface area contributed by atoms with Crippen LogP contribution in [0.2, 0.25) is 0 Å². The van der Waals surface area contributed by atoms with Crippen molar-refractivity contribution in [1.29, 1.82) is 5.26 Å². The van der Waals surface area contributed by atoms with Crippen LogP contribution >= 0.6 is 0 Å². The van der Waals surface area contributed by atoms with Crippen molar-refractivity contribution < 1.29 is 4.79 Å². The lowest BCUT2D eigenvalue weighted by Gasteiger charge is -2.06. The smallest absolute Gasteiger partial charge is 0.247 e. The van der Waals surface area contributed by atoms with Crippen LogP contribution < -0.4 is 5.32 Å². The average Bonchev–Trinajstić information content (AvgIpc) is 3.10. The van der Waals surface area contributed by atoms with Gasteiger partial charge in [0.25, 0.3) is 0 Å². The zero-order valence-electron chi connectivity index (χ0n) is 15.6. The number of nitriles is 1. The number of pyridine rings is 3. The first-order chi connectivity index (χ1) is 14.1. The highest BCUT2D eigenvalue weighted by Crippen LogP contribution is 2.32. The third-order valence-electron chi connectivity index (χ3n) is 4.52. The van der Waals surface area contributed by atoms with Gasteiger partial charge in [-0.05, 0) is 35.9 Å². The van der Waals surface area contributed by atoms with Crippen LogP contribution in [0.5, 0.6) is 0 Å². The molecular formula is C22H16N6O. The third kappa shape index (κ3) is 3.47. The number of nitrogens with one attached hydrogen (secondary N) is 1. The van der Waals surface area contributed by atoms with Crippen molar-refractivity contribution in [2.45, 2.75) is 0 Å². The predicted octanol–water partition coefficient (Wildman–Crippen LogP) is 3.69. The minimum atomic E-state index is -0.297. The summed E-state index contributed by atoms with van der Waals surface area (Å²) in [6, 6.07) is 9.56. The first kappa shape index (κ1) is 18.1. The Labute approximate surface area is 167 Å². The van der Waals surface area contributed by atoms with Gasteiger partial charge in [-0.15, -0.1) is 0 Å². The summed E-state index contributed by atoms with van der Waals surface area (Å²) in [7, 11) is 1.93. The van der Waals surface area contributed by atoms with Gasteiger partial charge in [-0.25, -0.2) is 9.97 Å². The van der Waals surface area contributed by atoms with E-state index in [0.29, 0.717) is 11.4 Å². The Morgan fingerprint density at radius 3 is 2.79 bits per heavy atom. The molecule has 4 aromatic rings. The van der Waals surface area contributed by atoms with E-state index in [0.717, 1.165) is 33.3 Å². The number of hydrogen-bond donors (Lipinski definition) is 1. The Morgan fingerprint density at radius 1 is 1.17 bits per heavy atom. The summed E-state index contributed by atoms with van der Waals surface area (Å²) >= 11 is 0. The number of amides is 1. The van der Waals surface area contributed by atoms with E-state index < -0.39 is 0 Å². The Bertz CT molecular complexity index is 1300. The van der Waals surface area contributed by atoms with Gasteiger partial charge in [-0.3, -0.25) is 9.78 Å². The van der Waals surface area contributed by atoms with Crippen LogP contribution in [0.25, 0.3) is 33.3 Å². The quantitative estimate of drug-likeness (QED) is 0.545. The molecule has 7 nitrogen and oxygen atoms in total. The van der Waals surface area contributed by atoms with E-state index >= 15 is 0 Å². The molecule has 0 radical (unpaired) electrons. The average molecular weight is 380 g/mol. The minimum Gasteiger partial charge on any atom is -0.335 e. The van der Waals surface area contributed by atoms with Gasteiger partial charge in [0.1, 0.15) is 17.4 Å². The highest BCUT2D eigenvalue weighted by atomic mass is 16.1. The van der Waals surface area contributed by atoms with E-state index in [1.54, 1.807) is 30.9 Å². The monoisotopic (exact) mass is 380 g/mol. The van der Waals surface area contributed by atoms with Crippen LogP contribution in [-0.4, -0.2) is 25.4 Å². The maximum atomic E-state index is 11.6. The Kier molecular flexibility index (Phi) is 4.59. The van der Waals surface area contributed by atoms with E-state index in [4.69, 9.17) is 5.26 Å². The molecule has 140 valence electrons. The van der Waals surface area contributed by atoms with Crippen molar-refractivity contribution in [1.82, 2.24) is 19.5 Å². The van der Waals surface area contributed by atoms with Gasteiger partial charge >= 0.3 is 0 Å². The summed E-state index contributed by atoms with van der Waals surface area (Å²) in [5, 5.41) is 12.8.